The van der Waals surface area contributed by atoms with E-state index in [1.165, 1.54) is 0 Å². The number of hydrogen-bond donors (Lipinski definition) is 2. The van der Waals surface area contributed by atoms with Crippen molar-refractivity contribution in [2.45, 2.75) is 51.3 Å². The predicted molar refractivity (Wildman–Crippen MR) is 58.2 cm³/mol. The number of hydrogen-bond acceptors (Lipinski definition) is 3. The summed E-state index contributed by atoms with van der Waals surface area (Å²) in [6.07, 6.45) is 3.61. The first-order valence-electron chi connectivity index (χ1n) is 5.55. The van der Waals surface area contributed by atoms with Crippen LogP contribution in [0.2, 0.25) is 12.6 Å². The Kier molecular flexibility index (Phi) is 4.14. The van der Waals surface area contributed by atoms with Crippen molar-refractivity contribution < 1.29 is 9.82 Å². The van der Waals surface area contributed by atoms with Gasteiger partial charge in [-0.2, -0.15) is 0 Å². The highest BCUT2D eigenvalue weighted by Gasteiger charge is 2.38. The number of carbonyl (C=O) groups is 1. The lowest BCUT2D eigenvalue weighted by atomic mass is 9.54. The van der Waals surface area contributed by atoms with E-state index in [1.807, 2.05) is 6.92 Å². The zero-order chi connectivity index (χ0) is 10.7. The highest BCUT2D eigenvalue weighted by atomic mass is 16.2. The van der Waals surface area contributed by atoms with E-state index in [4.69, 9.17) is 5.73 Å². The smallest absolute Gasteiger partial charge is 0.289 e. The second-order valence-electron chi connectivity index (χ2n) is 4.36. The fourth-order valence-corrected chi connectivity index (χ4v) is 2.40. The van der Waals surface area contributed by atoms with Gasteiger partial charge in [-0.25, -0.2) is 0 Å². The van der Waals surface area contributed by atoms with Crippen molar-refractivity contribution >= 4 is 12.7 Å². The average molecular weight is 197 g/mol. The predicted octanol–water partition coefficient (Wildman–Crippen LogP) is 1.08. The van der Waals surface area contributed by atoms with Crippen molar-refractivity contribution in [2.75, 3.05) is 0 Å². The number of rotatable bonds is 4. The molecule has 0 saturated heterocycles. The minimum Gasteiger partial charge on any atom is -0.450 e. The molecule has 0 amide bonds. The largest absolute Gasteiger partial charge is 0.450 e. The molecule has 4 heteroatoms. The van der Waals surface area contributed by atoms with Gasteiger partial charge in [0.2, 0.25) is 0 Å². The lowest BCUT2D eigenvalue weighted by Crippen LogP contribution is -2.37. The second kappa shape index (κ2) is 4.94. The second-order valence-corrected chi connectivity index (χ2v) is 4.36. The summed E-state index contributed by atoms with van der Waals surface area (Å²) in [5.41, 5.74) is 5.73. The fourth-order valence-electron chi connectivity index (χ4n) is 2.40. The Labute approximate surface area is 86.2 Å². The van der Waals surface area contributed by atoms with Gasteiger partial charge in [-0.05, 0) is 18.7 Å². The van der Waals surface area contributed by atoms with Gasteiger partial charge in [-0.15, -0.1) is 0 Å². The Bertz CT molecular complexity index is 208. The third-order valence-corrected chi connectivity index (χ3v) is 3.36. The molecule has 0 bridgehead atoms. The van der Waals surface area contributed by atoms with Crippen molar-refractivity contribution in [3.63, 3.8) is 0 Å². The first-order chi connectivity index (χ1) is 6.57. The zero-order valence-corrected chi connectivity index (χ0v) is 9.07. The van der Waals surface area contributed by atoms with E-state index in [1.54, 1.807) is 6.82 Å². The molecule has 0 spiro atoms. The number of nitrogens with two attached hydrogens (primary N) is 1. The van der Waals surface area contributed by atoms with E-state index < -0.39 is 0 Å². The highest BCUT2D eigenvalue weighted by molar-refractivity contribution is 6.51. The number of carbonyl (C=O) groups excluding carboxylic acids is 1. The van der Waals surface area contributed by atoms with E-state index in [-0.39, 0.29) is 30.5 Å². The van der Waals surface area contributed by atoms with Gasteiger partial charge in [0.15, 0.2) is 5.78 Å². The molecule has 14 heavy (non-hydrogen) atoms. The molecule has 1 fully saturated rings. The minimum atomic E-state index is -0.379. The molecule has 1 unspecified atom stereocenters. The summed E-state index contributed by atoms with van der Waals surface area (Å²) < 4.78 is 0. The summed E-state index contributed by atoms with van der Waals surface area (Å²) >= 11 is 0. The van der Waals surface area contributed by atoms with Crippen molar-refractivity contribution in [2.24, 2.45) is 11.7 Å². The van der Waals surface area contributed by atoms with Gasteiger partial charge in [0.25, 0.3) is 6.92 Å². The Morgan fingerprint density at radius 2 is 2.29 bits per heavy atom. The molecule has 0 heterocycles. The van der Waals surface area contributed by atoms with Gasteiger partial charge in [0, 0.05) is 5.92 Å². The van der Waals surface area contributed by atoms with Gasteiger partial charge in [0.05, 0.1) is 6.04 Å². The third-order valence-electron chi connectivity index (χ3n) is 3.36. The van der Waals surface area contributed by atoms with Gasteiger partial charge in [-0.1, -0.05) is 26.6 Å². The first-order valence-corrected chi connectivity index (χ1v) is 5.55. The highest BCUT2D eigenvalue weighted by Crippen LogP contribution is 2.39. The topological polar surface area (TPSA) is 63.3 Å². The molecule has 3 atom stereocenters. The minimum absolute atomic E-state index is 0.00458. The SMILES string of the molecule is CC[C@H](N)C(=O)C1CCC[C@H]1B(C)O. The van der Waals surface area contributed by atoms with E-state index in [2.05, 4.69) is 0 Å². The molecule has 0 radical (unpaired) electrons. The quantitative estimate of drug-likeness (QED) is 0.662. The van der Waals surface area contributed by atoms with Gasteiger partial charge in [0.1, 0.15) is 0 Å². The standard InChI is InChI=1S/C10H20BNO2/c1-3-9(12)10(13)7-5-4-6-8(7)11(2)14/h7-9,14H,3-6,12H2,1-2H3/t7?,8-,9+/m1/s1. The molecule has 0 aromatic rings. The van der Waals surface area contributed by atoms with Gasteiger partial charge in [-0.3, -0.25) is 4.79 Å². The maximum Gasteiger partial charge on any atom is 0.289 e. The van der Waals surface area contributed by atoms with Gasteiger partial charge < -0.3 is 10.8 Å². The van der Waals surface area contributed by atoms with Crippen LogP contribution in [0.4, 0.5) is 0 Å². The van der Waals surface area contributed by atoms with E-state index in [0.717, 1.165) is 19.3 Å². The summed E-state index contributed by atoms with van der Waals surface area (Å²) in [5.74, 6) is 0.293. The van der Waals surface area contributed by atoms with Crippen molar-refractivity contribution in [1.29, 1.82) is 0 Å². The van der Waals surface area contributed by atoms with Crippen LogP contribution in [-0.4, -0.2) is 23.8 Å². The fraction of sp³-hybridized carbons (Fsp3) is 0.900. The van der Waals surface area contributed by atoms with Crippen LogP contribution >= 0.6 is 0 Å². The molecule has 1 rings (SSSR count). The van der Waals surface area contributed by atoms with Crippen molar-refractivity contribution in [1.82, 2.24) is 0 Å². The van der Waals surface area contributed by atoms with Crippen LogP contribution in [0.3, 0.4) is 0 Å². The molecule has 1 saturated carbocycles. The molecule has 1 aliphatic carbocycles. The average Bonchev–Trinajstić information content (AvgIpc) is 2.63. The van der Waals surface area contributed by atoms with Crippen LogP contribution in [0.5, 0.6) is 0 Å². The van der Waals surface area contributed by atoms with E-state index in [0.29, 0.717) is 6.42 Å². The van der Waals surface area contributed by atoms with Crippen LogP contribution in [0.15, 0.2) is 0 Å². The Morgan fingerprint density at radius 1 is 1.64 bits per heavy atom. The summed E-state index contributed by atoms with van der Waals surface area (Å²) in [6, 6.07) is -0.334. The molecule has 0 aromatic carbocycles. The lowest BCUT2D eigenvalue weighted by molar-refractivity contribution is -0.124. The molecule has 0 aromatic heterocycles. The molecular weight excluding hydrogens is 177 g/mol. The van der Waals surface area contributed by atoms with Crippen molar-refractivity contribution in [3.05, 3.63) is 0 Å². The van der Waals surface area contributed by atoms with Crippen LogP contribution in [0.25, 0.3) is 0 Å². The summed E-state index contributed by atoms with van der Waals surface area (Å²) in [4.78, 5) is 11.9. The molecule has 3 N–H and O–H groups in total. The lowest BCUT2D eigenvalue weighted by Gasteiger charge is -2.21. The molecule has 3 nitrogen and oxygen atoms in total. The van der Waals surface area contributed by atoms with Crippen LogP contribution in [-0.2, 0) is 4.79 Å². The third kappa shape index (κ3) is 2.36. The van der Waals surface area contributed by atoms with Gasteiger partial charge >= 0.3 is 0 Å². The molecule has 0 aliphatic heterocycles. The maximum absolute atomic E-state index is 11.9. The van der Waals surface area contributed by atoms with Crippen LogP contribution in [0, 0.1) is 5.92 Å². The van der Waals surface area contributed by atoms with Crippen LogP contribution < -0.4 is 5.73 Å². The molecule has 1 aliphatic rings. The first kappa shape index (κ1) is 11.7. The Hall–Kier alpha value is -0.345. The Morgan fingerprint density at radius 3 is 2.79 bits per heavy atom. The normalized spacial score (nSPS) is 28.9. The summed E-state index contributed by atoms with van der Waals surface area (Å²) in [7, 11) is 0. The summed E-state index contributed by atoms with van der Waals surface area (Å²) in [5, 5.41) is 9.53. The van der Waals surface area contributed by atoms with E-state index >= 15 is 0 Å². The number of Topliss-reactive ketones (excluding diaryl/α,β-unsaturated/α-hetero) is 1. The zero-order valence-electron chi connectivity index (χ0n) is 9.07. The monoisotopic (exact) mass is 197 g/mol. The number of ketones is 1. The van der Waals surface area contributed by atoms with Crippen LogP contribution in [0.1, 0.15) is 32.6 Å². The van der Waals surface area contributed by atoms with Crippen molar-refractivity contribution in [3.8, 4) is 0 Å². The molecule has 80 valence electrons. The van der Waals surface area contributed by atoms with E-state index in [9.17, 15) is 9.82 Å². The maximum atomic E-state index is 11.9. The Balaban J connectivity index is 2.62. The summed E-state index contributed by atoms with van der Waals surface area (Å²) in [6.45, 7) is 3.32. The molecular formula is C10H20BNO2.